The minimum absolute atomic E-state index is 0.511. The van der Waals surface area contributed by atoms with E-state index in [1.165, 1.54) is 44.9 Å². The SMILES string of the molecule is CC#CC[C@@]12CCC[C@H]1[C@@H]1CCC3CC(=O)CCC3=C1CC2. The summed E-state index contributed by atoms with van der Waals surface area (Å²) in [6, 6.07) is 0. The van der Waals surface area contributed by atoms with E-state index in [1.54, 1.807) is 5.57 Å². The van der Waals surface area contributed by atoms with Crippen LogP contribution in [0.15, 0.2) is 11.1 Å². The highest BCUT2D eigenvalue weighted by molar-refractivity contribution is 5.80. The van der Waals surface area contributed by atoms with Crippen LogP contribution in [0, 0.1) is 35.0 Å². The van der Waals surface area contributed by atoms with Gasteiger partial charge in [-0.15, -0.1) is 11.8 Å². The van der Waals surface area contributed by atoms with Gasteiger partial charge < -0.3 is 0 Å². The lowest BCUT2D eigenvalue weighted by atomic mass is 9.55. The molecule has 0 amide bonds. The molecule has 4 aliphatic carbocycles. The summed E-state index contributed by atoms with van der Waals surface area (Å²) in [6.45, 7) is 1.99. The third-order valence-corrected chi connectivity index (χ3v) is 7.30. The molecule has 0 aromatic heterocycles. The van der Waals surface area contributed by atoms with Gasteiger partial charge in [0.1, 0.15) is 5.78 Å². The van der Waals surface area contributed by atoms with Crippen molar-refractivity contribution in [3.8, 4) is 11.8 Å². The van der Waals surface area contributed by atoms with Crippen LogP contribution >= 0.6 is 0 Å². The van der Waals surface area contributed by atoms with Gasteiger partial charge in [-0.05, 0) is 75.0 Å². The molecule has 1 nitrogen and oxygen atoms in total. The van der Waals surface area contributed by atoms with Crippen molar-refractivity contribution in [1.29, 1.82) is 0 Å². The maximum atomic E-state index is 11.8. The van der Waals surface area contributed by atoms with Crippen LogP contribution in [-0.2, 0) is 4.79 Å². The molecule has 3 fully saturated rings. The van der Waals surface area contributed by atoms with Gasteiger partial charge in [-0.3, -0.25) is 4.79 Å². The van der Waals surface area contributed by atoms with Gasteiger partial charge in [0, 0.05) is 19.3 Å². The Morgan fingerprint density at radius 1 is 1.09 bits per heavy atom. The first-order valence-corrected chi connectivity index (χ1v) is 9.36. The van der Waals surface area contributed by atoms with Crippen molar-refractivity contribution in [2.24, 2.45) is 23.2 Å². The molecule has 1 unspecified atom stereocenters. The Hall–Kier alpha value is -1.03. The van der Waals surface area contributed by atoms with E-state index in [9.17, 15) is 4.79 Å². The molecular formula is C21H28O. The van der Waals surface area contributed by atoms with E-state index in [0.29, 0.717) is 17.1 Å². The maximum absolute atomic E-state index is 11.8. The summed E-state index contributed by atoms with van der Waals surface area (Å²) in [5, 5.41) is 0. The van der Waals surface area contributed by atoms with Crippen molar-refractivity contribution in [1.82, 2.24) is 0 Å². The summed E-state index contributed by atoms with van der Waals surface area (Å²) in [7, 11) is 0. The monoisotopic (exact) mass is 296 g/mol. The van der Waals surface area contributed by atoms with Crippen LogP contribution in [-0.4, -0.2) is 5.78 Å². The molecule has 0 N–H and O–H groups in total. The van der Waals surface area contributed by atoms with Gasteiger partial charge in [0.25, 0.3) is 0 Å². The van der Waals surface area contributed by atoms with Crippen molar-refractivity contribution in [3.05, 3.63) is 11.1 Å². The summed E-state index contributed by atoms with van der Waals surface area (Å²) in [5.41, 5.74) is 4.09. The van der Waals surface area contributed by atoms with E-state index in [0.717, 1.165) is 37.5 Å². The average molecular weight is 296 g/mol. The Bertz CT molecular complexity index is 572. The lowest BCUT2D eigenvalue weighted by Crippen LogP contribution is -2.40. The number of Topliss-reactive ketones (excluding diaryl/α,β-unsaturated/α-hetero) is 1. The topological polar surface area (TPSA) is 17.1 Å². The fraction of sp³-hybridized carbons (Fsp3) is 0.762. The van der Waals surface area contributed by atoms with Crippen molar-refractivity contribution in [2.45, 2.75) is 77.6 Å². The molecular weight excluding hydrogens is 268 g/mol. The van der Waals surface area contributed by atoms with E-state index < -0.39 is 0 Å². The highest BCUT2D eigenvalue weighted by atomic mass is 16.1. The predicted molar refractivity (Wildman–Crippen MR) is 89.2 cm³/mol. The quantitative estimate of drug-likeness (QED) is 0.488. The maximum Gasteiger partial charge on any atom is 0.133 e. The average Bonchev–Trinajstić information content (AvgIpc) is 2.96. The van der Waals surface area contributed by atoms with Crippen LogP contribution in [0.1, 0.15) is 77.6 Å². The Morgan fingerprint density at radius 2 is 2.00 bits per heavy atom. The molecule has 0 spiro atoms. The second-order valence-electron chi connectivity index (χ2n) is 8.14. The van der Waals surface area contributed by atoms with E-state index in [4.69, 9.17) is 0 Å². The fourth-order valence-electron chi connectivity index (χ4n) is 6.32. The number of hydrogen-bond donors (Lipinski definition) is 0. The Labute approximate surface area is 134 Å². The molecule has 0 aliphatic heterocycles. The lowest BCUT2D eigenvalue weighted by Gasteiger charge is -2.49. The normalized spacial score (nSPS) is 40.4. The first-order valence-electron chi connectivity index (χ1n) is 9.36. The molecule has 4 atom stereocenters. The number of fused-ring (bicyclic) bond motifs is 4. The summed E-state index contributed by atoms with van der Waals surface area (Å²) < 4.78 is 0. The van der Waals surface area contributed by atoms with Crippen LogP contribution in [0.5, 0.6) is 0 Å². The zero-order chi connectivity index (χ0) is 15.2. The van der Waals surface area contributed by atoms with Crippen LogP contribution in [0.2, 0.25) is 0 Å². The predicted octanol–water partition coefficient (Wildman–Crippen LogP) is 5.06. The second-order valence-corrected chi connectivity index (χ2v) is 8.14. The molecule has 22 heavy (non-hydrogen) atoms. The van der Waals surface area contributed by atoms with Gasteiger partial charge in [0.15, 0.2) is 0 Å². The van der Waals surface area contributed by atoms with Gasteiger partial charge in [0.2, 0.25) is 0 Å². The highest BCUT2D eigenvalue weighted by Crippen LogP contribution is 2.61. The van der Waals surface area contributed by atoms with Gasteiger partial charge >= 0.3 is 0 Å². The molecule has 3 saturated carbocycles. The van der Waals surface area contributed by atoms with Crippen LogP contribution in [0.4, 0.5) is 0 Å². The summed E-state index contributed by atoms with van der Waals surface area (Å²) in [5.74, 6) is 9.44. The highest BCUT2D eigenvalue weighted by Gasteiger charge is 2.51. The van der Waals surface area contributed by atoms with Gasteiger partial charge in [0.05, 0.1) is 0 Å². The summed E-state index contributed by atoms with van der Waals surface area (Å²) in [4.78, 5) is 11.8. The lowest BCUT2D eigenvalue weighted by molar-refractivity contribution is -0.120. The van der Waals surface area contributed by atoms with Crippen LogP contribution in [0.3, 0.4) is 0 Å². The molecule has 0 radical (unpaired) electrons. The molecule has 0 bridgehead atoms. The third-order valence-electron chi connectivity index (χ3n) is 7.30. The molecule has 4 aliphatic rings. The molecule has 0 aromatic rings. The second kappa shape index (κ2) is 5.55. The molecule has 4 rings (SSSR count). The van der Waals surface area contributed by atoms with Crippen molar-refractivity contribution in [3.63, 3.8) is 0 Å². The van der Waals surface area contributed by atoms with E-state index in [2.05, 4.69) is 11.8 Å². The zero-order valence-electron chi connectivity index (χ0n) is 13.9. The van der Waals surface area contributed by atoms with Crippen LogP contribution in [0.25, 0.3) is 0 Å². The summed E-state index contributed by atoms with van der Waals surface area (Å²) in [6.07, 6.45) is 13.4. The number of carbonyl (C=O) groups excluding carboxylic acids is 1. The zero-order valence-corrected chi connectivity index (χ0v) is 13.9. The molecule has 118 valence electrons. The third kappa shape index (κ3) is 2.18. The van der Waals surface area contributed by atoms with Gasteiger partial charge in [-0.1, -0.05) is 17.6 Å². The molecule has 0 aromatic carbocycles. The number of ketones is 1. The van der Waals surface area contributed by atoms with Crippen LogP contribution < -0.4 is 0 Å². The van der Waals surface area contributed by atoms with E-state index in [-0.39, 0.29) is 0 Å². The van der Waals surface area contributed by atoms with Gasteiger partial charge in [-0.25, -0.2) is 0 Å². The minimum Gasteiger partial charge on any atom is -0.300 e. The van der Waals surface area contributed by atoms with Gasteiger partial charge in [-0.2, -0.15) is 0 Å². The van der Waals surface area contributed by atoms with Crippen molar-refractivity contribution >= 4 is 5.78 Å². The number of rotatable bonds is 1. The van der Waals surface area contributed by atoms with E-state index >= 15 is 0 Å². The standard InChI is InChI=1S/C21H28O/c1-2-3-11-21-12-4-5-20(21)19-8-6-15-14-16(22)7-9-17(15)18(19)10-13-21/h15,19-20H,4-14H2,1H3/t15?,19-,20+,21+/m1/s1. The number of carbonyl (C=O) groups is 1. The Morgan fingerprint density at radius 3 is 2.86 bits per heavy atom. The smallest absolute Gasteiger partial charge is 0.133 e. The molecule has 1 heteroatoms. The fourth-order valence-corrected chi connectivity index (χ4v) is 6.32. The molecule has 0 saturated heterocycles. The largest absolute Gasteiger partial charge is 0.300 e. The minimum atomic E-state index is 0.511. The number of hydrogen-bond acceptors (Lipinski definition) is 1. The first-order chi connectivity index (χ1) is 10.7. The number of allylic oxidation sites excluding steroid dienone is 2. The first kappa shape index (κ1) is 14.6. The Kier molecular flexibility index (Phi) is 3.67. The summed E-state index contributed by atoms with van der Waals surface area (Å²) >= 11 is 0. The Balaban J connectivity index is 1.65. The van der Waals surface area contributed by atoms with Crippen molar-refractivity contribution in [2.75, 3.05) is 0 Å². The van der Waals surface area contributed by atoms with E-state index in [1.807, 2.05) is 12.5 Å². The molecule has 0 heterocycles. The van der Waals surface area contributed by atoms with Crippen molar-refractivity contribution < 1.29 is 4.79 Å².